The van der Waals surface area contributed by atoms with Crippen molar-refractivity contribution in [3.63, 3.8) is 0 Å². The summed E-state index contributed by atoms with van der Waals surface area (Å²) in [6, 6.07) is 0. The fourth-order valence-electron chi connectivity index (χ4n) is 1.96. The molecule has 1 aliphatic rings. The molecule has 2 nitrogen and oxygen atoms in total. The van der Waals surface area contributed by atoms with Gasteiger partial charge in [0.25, 0.3) is 0 Å². The van der Waals surface area contributed by atoms with Crippen LogP contribution in [0.25, 0.3) is 0 Å². The number of nitrogens with zero attached hydrogens (tertiary/aromatic N) is 1. The fourth-order valence-corrected chi connectivity index (χ4v) is 3.10. The van der Waals surface area contributed by atoms with E-state index in [2.05, 4.69) is 32.7 Å². The first-order valence-corrected chi connectivity index (χ1v) is 6.21. The lowest BCUT2D eigenvalue weighted by molar-refractivity contribution is 0.230. The molecule has 1 aliphatic heterocycles. The second-order valence-corrected chi connectivity index (χ2v) is 5.60. The van der Waals surface area contributed by atoms with E-state index in [9.17, 15) is 0 Å². The maximum absolute atomic E-state index is 5.96. The van der Waals surface area contributed by atoms with Gasteiger partial charge in [0.15, 0.2) is 0 Å². The van der Waals surface area contributed by atoms with Gasteiger partial charge in [-0.05, 0) is 19.8 Å². The van der Waals surface area contributed by atoms with E-state index in [0.29, 0.717) is 5.92 Å². The summed E-state index contributed by atoms with van der Waals surface area (Å²) in [4.78, 5) is 6.91. The molecule has 0 saturated carbocycles. The Kier molecular flexibility index (Phi) is 2.83. The Labute approximate surface area is 95.0 Å². The van der Waals surface area contributed by atoms with Gasteiger partial charge < -0.3 is 4.74 Å². The number of aryl methyl sites for hydroxylation is 1. The summed E-state index contributed by atoms with van der Waals surface area (Å²) in [5.41, 5.74) is 1.36. The first-order chi connectivity index (χ1) is 7.09. The lowest BCUT2D eigenvalue weighted by Gasteiger charge is -2.14. The van der Waals surface area contributed by atoms with Gasteiger partial charge in [-0.15, -0.1) is 11.3 Å². The highest BCUT2D eigenvalue weighted by Gasteiger charge is 2.21. The molecule has 0 N–H and O–H groups in total. The predicted octanol–water partition coefficient (Wildman–Crippen LogP) is 3.38. The van der Waals surface area contributed by atoms with E-state index in [1.165, 1.54) is 15.3 Å². The van der Waals surface area contributed by atoms with Crippen LogP contribution in [0.2, 0.25) is 0 Å². The van der Waals surface area contributed by atoms with Crippen LogP contribution in [0.5, 0.6) is 5.75 Å². The molecule has 0 unspecified atom stereocenters. The first kappa shape index (κ1) is 10.7. The molecule has 1 atom stereocenters. The summed E-state index contributed by atoms with van der Waals surface area (Å²) in [7, 11) is 0. The van der Waals surface area contributed by atoms with Crippen LogP contribution in [0.1, 0.15) is 42.0 Å². The maximum atomic E-state index is 5.96. The molecular formula is C12H17NOS. The van der Waals surface area contributed by atoms with Crippen molar-refractivity contribution in [3.8, 4) is 5.75 Å². The summed E-state index contributed by atoms with van der Waals surface area (Å²) < 4.78 is 5.96. The van der Waals surface area contributed by atoms with Gasteiger partial charge >= 0.3 is 0 Å². The van der Waals surface area contributed by atoms with E-state index in [1.54, 1.807) is 11.3 Å². The fraction of sp³-hybridized carbons (Fsp3) is 0.583. The Bertz CT molecular complexity index is 393. The average Bonchev–Trinajstić information content (AvgIpc) is 2.32. The van der Waals surface area contributed by atoms with Crippen LogP contribution in [0.3, 0.4) is 0 Å². The number of rotatable bonds is 1. The monoisotopic (exact) mass is 223 g/mol. The smallest absolute Gasteiger partial charge is 0.143 e. The van der Waals surface area contributed by atoms with Gasteiger partial charge in [0.1, 0.15) is 11.9 Å². The molecule has 0 radical (unpaired) electrons. The van der Waals surface area contributed by atoms with Crippen molar-refractivity contribution in [2.75, 3.05) is 6.54 Å². The molecule has 0 bridgehead atoms. The first-order valence-electron chi connectivity index (χ1n) is 5.39. The van der Waals surface area contributed by atoms with Crippen molar-refractivity contribution < 1.29 is 4.74 Å². The molecule has 1 aromatic rings. The van der Waals surface area contributed by atoms with Crippen LogP contribution in [0.4, 0.5) is 0 Å². The number of hydrogen-bond donors (Lipinski definition) is 0. The Hall–Kier alpha value is -0.830. The third-order valence-corrected chi connectivity index (χ3v) is 3.62. The van der Waals surface area contributed by atoms with Crippen molar-refractivity contribution in [1.82, 2.24) is 0 Å². The molecular weight excluding hydrogens is 206 g/mol. The molecule has 2 rings (SSSR count). The summed E-state index contributed by atoms with van der Waals surface area (Å²) in [5.74, 6) is 1.59. The molecule has 15 heavy (non-hydrogen) atoms. The van der Waals surface area contributed by atoms with Crippen LogP contribution in [-0.2, 0) is 0 Å². The lowest BCUT2D eigenvalue weighted by atomic mass is 10.0. The zero-order chi connectivity index (χ0) is 11.0. The van der Waals surface area contributed by atoms with Crippen molar-refractivity contribution in [1.29, 1.82) is 0 Å². The summed E-state index contributed by atoms with van der Waals surface area (Å²) in [6.07, 6.45) is 2.15. The highest BCUT2D eigenvalue weighted by atomic mass is 32.1. The molecule has 0 saturated heterocycles. The van der Waals surface area contributed by atoms with Crippen molar-refractivity contribution in [2.45, 2.75) is 39.7 Å². The van der Waals surface area contributed by atoms with Gasteiger partial charge in [0.05, 0.1) is 11.4 Å². The van der Waals surface area contributed by atoms with Gasteiger partial charge in [-0.1, -0.05) is 13.8 Å². The van der Waals surface area contributed by atoms with Crippen molar-refractivity contribution in [3.05, 3.63) is 15.3 Å². The van der Waals surface area contributed by atoms with Gasteiger partial charge in [0, 0.05) is 16.7 Å². The molecule has 2 heterocycles. The van der Waals surface area contributed by atoms with E-state index in [4.69, 9.17) is 4.74 Å². The van der Waals surface area contributed by atoms with Crippen molar-refractivity contribution in [2.24, 2.45) is 4.99 Å². The Morgan fingerprint density at radius 3 is 2.93 bits per heavy atom. The second-order valence-electron chi connectivity index (χ2n) is 4.34. The number of aliphatic imine (C=N–C) groups is 1. The summed E-state index contributed by atoms with van der Waals surface area (Å²) >= 11 is 1.79. The van der Waals surface area contributed by atoms with Crippen LogP contribution in [0.15, 0.2) is 4.99 Å². The van der Waals surface area contributed by atoms with Crippen LogP contribution >= 0.6 is 11.3 Å². The standard InChI is InChI=1S/C12H17NOS/c1-7(2)11-9(4)15-10-6-13-5-8(3)14-12(10)11/h6-8H,5H2,1-4H3/t8-/m0/s1. The topological polar surface area (TPSA) is 21.6 Å². The van der Waals surface area contributed by atoms with E-state index >= 15 is 0 Å². The van der Waals surface area contributed by atoms with Crippen LogP contribution < -0.4 is 4.74 Å². The summed E-state index contributed by atoms with van der Waals surface area (Å²) in [6.45, 7) is 9.43. The maximum Gasteiger partial charge on any atom is 0.143 e. The third-order valence-electron chi connectivity index (χ3n) is 2.58. The number of hydrogen-bond acceptors (Lipinski definition) is 3. The minimum atomic E-state index is 0.189. The van der Waals surface area contributed by atoms with Crippen molar-refractivity contribution >= 4 is 17.6 Å². The molecule has 82 valence electrons. The van der Waals surface area contributed by atoms with E-state index in [-0.39, 0.29) is 6.10 Å². The second kappa shape index (κ2) is 3.97. The molecule has 0 amide bonds. The minimum absolute atomic E-state index is 0.189. The van der Waals surface area contributed by atoms with Gasteiger partial charge in [0.2, 0.25) is 0 Å². The SMILES string of the molecule is Cc1sc2c(c1C(C)C)O[C@@H](C)CN=C2. The largest absolute Gasteiger partial charge is 0.487 e. The van der Waals surface area contributed by atoms with Gasteiger partial charge in [-0.2, -0.15) is 0 Å². The Morgan fingerprint density at radius 2 is 2.27 bits per heavy atom. The molecule has 0 fully saturated rings. The minimum Gasteiger partial charge on any atom is -0.487 e. The lowest BCUT2D eigenvalue weighted by Crippen LogP contribution is -2.15. The number of ether oxygens (including phenoxy) is 1. The van der Waals surface area contributed by atoms with E-state index in [0.717, 1.165) is 12.3 Å². The zero-order valence-electron chi connectivity index (χ0n) is 9.70. The zero-order valence-corrected chi connectivity index (χ0v) is 10.5. The number of fused-ring (bicyclic) bond motifs is 1. The molecule has 0 spiro atoms. The van der Waals surface area contributed by atoms with Crippen LogP contribution in [-0.4, -0.2) is 18.9 Å². The Morgan fingerprint density at radius 1 is 1.53 bits per heavy atom. The quantitative estimate of drug-likeness (QED) is 0.715. The normalized spacial score (nSPS) is 19.9. The highest BCUT2D eigenvalue weighted by molar-refractivity contribution is 7.14. The Balaban J connectivity index is 2.51. The molecule has 3 heteroatoms. The number of thiophene rings is 1. The van der Waals surface area contributed by atoms with E-state index < -0.39 is 0 Å². The molecule has 1 aromatic heterocycles. The van der Waals surface area contributed by atoms with Gasteiger partial charge in [-0.25, -0.2) is 0 Å². The predicted molar refractivity (Wildman–Crippen MR) is 65.7 cm³/mol. The molecule has 0 aliphatic carbocycles. The molecule has 0 aromatic carbocycles. The van der Waals surface area contributed by atoms with Crippen LogP contribution in [0, 0.1) is 6.92 Å². The summed E-state index contributed by atoms with van der Waals surface area (Å²) in [5, 5.41) is 0. The van der Waals surface area contributed by atoms with Gasteiger partial charge in [-0.3, -0.25) is 4.99 Å². The highest BCUT2D eigenvalue weighted by Crippen LogP contribution is 2.40. The third kappa shape index (κ3) is 1.93. The average molecular weight is 223 g/mol. The van der Waals surface area contributed by atoms with E-state index in [1.807, 2.05) is 6.21 Å².